The van der Waals surface area contributed by atoms with Crippen LogP contribution in [0, 0.1) is 0 Å². The third-order valence-corrected chi connectivity index (χ3v) is 6.30. The number of amides is 1. The number of benzene rings is 1. The van der Waals surface area contributed by atoms with Crippen LogP contribution in [0.3, 0.4) is 0 Å². The first-order valence-corrected chi connectivity index (χ1v) is 11.5. The van der Waals surface area contributed by atoms with E-state index in [4.69, 9.17) is 4.74 Å². The number of fused-ring (bicyclic) bond motifs is 1. The molecule has 172 valence electrons. The molecule has 0 aliphatic carbocycles. The molecule has 9 heteroatoms. The summed E-state index contributed by atoms with van der Waals surface area (Å²) in [6.07, 6.45) is 2.06. The number of ether oxygens (including phenoxy) is 1. The van der Waals surface area contributed by atoms with E-state index in [1.54, 1.807) is 10.8 Å². The lowest BCUT2D eigenvalue weighted by Gasteiger charge is -2.35. The first-order chi connectivity index (χ1) is 16.2. The monoisotopic (exact) mass is 448 g/mol. The number of carbonyl (C=O) groups excluding carboxylic acids is 1. The van der Waals surface area contributed by atoms with Crippen molar-refractivity contribution >= 4 is 28.6 Å². The van der Waals surface area contributed by atoms with Crippen molar-refractivity contribution in [2.45, 2.75) is 13.0 Å². The van der Waals surface area contributed by atoms with E-state index < -0.39 is 0 Å². The van der Waals surface area contributed by atoms with E-state index in [1.807, 2.05) is 52.3 Å². The zero-order valence-electron chi connectivity index (χ0n) is 18.6. The molecule has 9 nitrogen and oxygen atoms in total. The number of pyridine rings is 1. The standard InChI is InChI=1S/C24H28N6O3/c31-22(28-13-11-27(12-14-28)21-7-3-4-9-25-21)8-10-30-20-6-2-1-5-19(20)26-23(24(30)32)29-15-17-33-18-16-29/h1-7,9H,8,10-18H2. The normalized spacial score (nSPS) is 16.9. The van der Waals surface area contributed by atoms with Gasteiger partial charge >= 0.3 is 0 Å². The van der Waals surface area contributed by atoms with Gasteiger partial charge in [-0.3, -0.25) is 9.59 Å². The van der Waals surface area contributed by atoms with Gasteiger partial charge in [0.1, 0.15) is 5.82 Å². The number of hydrogen-bond acceptors (Lipinski definition) is 7. The third kappa shape index (κ3) is 4.54. The molecule has 4 heterocycles. The van der Waals surface area contributed by atoms with Gasteiger partial charge in [0.25, 0.3) is 5.56 Å². The molecule has 33 heavy (non-hydrogen) atoms. The van der Waals surface area contributed by atoms with Crippen LogP contribution < -0.4 is 15.4 Å². The summed E-state index contributed by atoms with van der Waals surface area (Å²) < 4.78 is 7.13. The first-order valence-electron chi connectivity index (χ1n) is 11.5. The summed E-state index contributed by atoms with van der Waals surface area (Å²) in [6.45, 7) is 5.58. The van der Waals surface area contributed by atoms with Crippen LogP contribution in [-0.2, 0) is 16.1 Å². The molecule has 3 aromatic rings. The van der Waals surface area contributed by atoms with Gasteiger partial charge in [0.2, 0.25) is 5.91 Å². The lowest BCUT2D eigenvalue weighted by atomic mass is 10.2. The van der Waals surface area contributed by atoms with Gasteiger partial charge in [-0.15, -0.1) is 0 Å². The Bertz CT molecular complexity index is 1170. The molecule has 2 aliphatic rings. The second kappa shape index (κ2) is 9.58. The average molecular weight is 449 g/mol. The van der Waals surface area contributed by atoms with Crippen molar-refractivity contribution in [3.63, 3.8) is 0 Å². The van der Waals surface area contributed by atoms with Crippen LogP contribution in [0.2, 0.25) is 0 Å². The molecule has 0 atom stereocenters. The summed E-state index contributed by atoms with van der Waals surface area (Å²) >= 11 is 0. The van der Waals surface area contributed by atoms with E-state index in [1.165, 1.54) is 0 Å². The topological polar surface area (TPSA) is 83.8 Å². The Balaban J connectivity index is 1.29. The largest absolute Gasteiger partial charge is 0.378 e. The van der Waals surface area contributed by atoms with Crippen molar-refractivity contribution in [3.05, 3.63) is 59.0 Å². The molecule has 0 bridgehead atoms. The lowest BCUT2D eigenvalue weighted by Crippen LogP contribution is -2.49. The van der Waals surface area contributed by atoms with Crippen molar-refractivity contribution in [1.82, 2.24) is 19.4 Å². The minimum Gasteiger partial charge on any atom is -0.378 e. The predicted molar refractivity (Wildman–Crippen MR) is 127 cm³/mol. The summed E-state index contributed by atoms with van der Waals surface area (Å²) in [4.78, 5) is 41.4. The van der Waals surface area contributed by atoms with E-state index >= 15 is 0 Å². The Morgan fingerprint density at radius 1 is 0.909 bits per heavy atom. The maximum absolute atomic E-state index is 13.4. The quantitative estimate of drug-likeness (QED) is 0.583. The maximum Gasteiger partial charge on any atom is 0.294 e. The fourth-order valence-electron chi connectivity index (χ4n) is 4.47. The number of aromatic nitrogens is 3. The molecular weight excluding hydrogens is 420 g/mol. The van der Waals surface area contributed by atoms with Gasteiger partial charge in [-0.1, -0.05) is 18.2 Å². The number of nitrogens with zero attached hydrogens (tertiary/aromatic N) is 6. The zero-order valence-corrected chi connectivity index (χ0v) is 18.6. The Labute approximate surface area is 192 Å². The highest BCUT2D eigenvalue weighted by Gasteiger charge is 2.23. The van der Waals surface area contributed by atoms with Crippen LogP contribution in [0.4, 0.5) is 11.6 Å². The highest BCUT2D eigenvalue weighted by atomic mass is 16.5. The van der Waals surface area contributed by atoms with E-state index in [0.29, 0.717) is 51.8 Å². The molecule has 0 radical (unpaired) electrons. The molecule has 1 aromatic carbocycles. The second-order valence-electron chi connectivity index (χ2n) is 8.29. The summed E-state index contributed by atoms with van der Waals surface area (Å²) in [5.41, 5.74) is 1.37. The number of hydrogen-bond donors (Lipinski definition) is 0. The Hall–Kier alpha value is -3.46. The number of carbonyl (C=O) groups is 1. The van der Waals surface area contributed by atoms with Crippen molar-refractivity contribution < 1.29 is 9.53 Å². The van der Waals surface area contributed by atoms with Crippen LogP contribution in [0.5, 0.6) is 0 Å². The van der Waals surface area contributed by atoms with E-state index in [9.17, 15) is 9.59 Å². The van der Waals surface area contributed by atoms with Crippen LogP contribution in [0.1, 0.15) is 6.42 Å². The first kappa shape index (κ1) is 21.4. The average Bonchev–Trinajstić information content (AvgIpc) is 2.89. The fourth-order valence-corrected chi connectivity index (χ4v) is 4.47. The van der Waals surface area contributed by atoms with Crippen molar-refractivity contribution in [2.24, 2.45) is 0 Å². The number of anilines is 2. The van der Waals surface area contributed by atoms with Crippen LogP contribution in [0.15, 0.2) is 53.5 Å². The van der Waals surface area contributed by atoms with Crippen LogP contribution in [-0.4, -0.2) is 77.8 Å². The number of piperazine rings is 1. The Morgan fingerprint density at radius 2 is 1.67 bits per heavy atom. The fraction of sp³-hybridized carbons (Fsp3) is 0.417. The predicted octanol–water partition coefficient (Wildman–Crippen LogP) is 1.37. The molecule has 2 aliphatic heterocycles. The Morgan fingerprint density at radius 3 is 2.42 bits per heavy atom. The SMILES string of the molecule is O=C(CCn1c(=O)c(N2CCOCC2)nc2ccccc21)N1CCN(c2ccccn2)CC1. The van der Waals surface area contributed by atoms with Crippen LogP contribution >= 0.6 is 0 Å². The summed E-state index contributed by atoms with van der Waals surface area (Å²) in [7, 11) is 0. The van der Waals surface area contributed by atoms with Crippen molar-refractivity contribution in [2.75, 3.05) is 62.3 Å². The zero-order chi connectivity index (χ0) is 22.6. The second-order valence-corrected chi connectivity index (χ2v) is 8.29. The molecule has 0 N–H and O–H groups in total. The number of aryl methyl sites for hydroxylation is 1. The van der Waals surface area contributed by atoms with Gasteiger partial charge in [0.15, 0.2) is 5.82 Å². The van der Waals surface area contributed by atoms with E-state index in [2.05, 4.69) is 14.9 Å². The van der Waals surface area contributed by atoms with Crippen LogP contribution in [0.25, 0.3) is 11.0 Å². The molecule has 2 aromatic heterocycles. The number of para-hydroxylation sites is 2. The minimum atomic E-state index is -0.150. The van der Waals surface area contributed by atoms with Gasteiger partial charge < -0.3 is 24.0 Å². The smallest absolute Gasteiger partial charge is 0.294 e. The van der Waals surface area contributed by atoms with Crippen molar-refractivity contribution in [3.8, 4) is 0 Å². The van der Waals surface area contributed by atoms with E-state index in [-0.39, 0.29) is 17.9 Å². The summed E-state index contributed by atoms with van der Waals surface area (Å²) in [5.74, 6) is 1.44. The molecule has 1 amide bonds. The summed E-state index contributed by atoms with van der Waals surface area (Å²) in [5, 5.41) is 0. The van der Waals surface area contributed by atoms with E-state index in [0.717, 1.165) is 29.9 Å². The summed E-state index contributed by atoms with van der Waals surface area (Å²) in [6, 6.07) is 13.5. The number of rotatable bonds is 5. The van der Waals surface area contributed by atoms with Gasteiger partial charge in [-0.05, 0) is 24.3 Å². The molecule has 2 fully saturated rings. The highest BCUT2D eigenvalue weighted by molar-refractivity contribution is 5.78. The molecule has 0 unspecified atom stereocenters. The van der Waals surface area contributed by atoms with Gasteiger partial charge in [-0.2, -0.15) is 0 Å². The number of morpholine rings is 1. The maximum atomic E-state index is 13.4. The van der Waals surface area contributed by atoms with Crippen molar-refractivity contribution in [1.29, 1.82) is 0 Å². The van der Waals surface area contributed by atoms with Gasteiger partial charge in [0.05, 0.1) is 24.2 Å². The van der Waals surface area contributed by atoms with Gasteiger partial charge in [0, 0.05) is 58.4 Å². The highest BCUT2D eigenvalue weighted by Crippen LogP contribution is 2.17. The third-order valence-electron chi connectivity index (χ3n) is 6.30. The molecule has 2 saturated heterocycles. The molecular formula is C24H28N6O3. The molecule has 0 spiro atoms. The Kier molecular flexibility index (Phi) is 6.21. The van der Waals surface area contributed by atoms with Gasteiger partial charge in [-0.25, -0.2) is 9.97 Å². The molecule has 5 rings (SSSR count). The lowest BCUT2D eigenvalue weighted by molar-refractivity contribution is -0.131. The minimum absolute atomic E-state index is 0.0661. The molecule has 0 saturated carbocycles.